The Balaban J connectivity index is 1.08. The van der Waals surface area contributed by atoms with E-state index in [9.17, 15) is 0 Å². The zero-order chi connectivity index (χ0) is 31.2. The van der Waals surface area contributed by atoms with Gasteiger partial charge in [-0.1, -0.05) is 121 Å². The molecule has 0 fully saturated rings. The molecule has 0 amide bonds. The highest BCUT2D eigenvalue weighted by Gasteiger charge is 2.15. The van der Waals surface area contributed by atoms with E-state index in [-0.39, 0.29) is 0 Å². The van der Waals surface area contributed by atoms with E-state index in [1.54, 1.807) is 0 Å². The lowest BCUT2D eigenvalue weighted by Crippen LogP contribution is -2.00. The molecule has 4 aromatic heterocycles. The van der Waals surface area contributed by atoms with Crippen molar-refractivity contribution in [2.24, 2.45) is 0 Å². The molecule has 0 saturated carbocycles. The molecule has 0 aliphatic heterocycles. The number of para-hydroxylation sites is 1. The van der Waals surface area contributed by atoms with E-state index in [2.05, 4.69) is 59.6 Å². The number of hydrogen-bond acceptors (Lipinski definition) is 6. The number of aromatic nitrogens is 5. The third kappa shape index (κ3) is 4.89. The highest BCUT2D eigenvalue weighted by molar-refractivity contribution is 6.08. The van der Waals surface area contributed by atoms with E-state index in [0.717, 1.165) is 72.0 Å². The van der Waals surface area contributed by atoms with Gasteiger partial charge in [0.25, 0.3) is 0 Å². The van der Waals surface area contributed by atoms with Crippen LogP contribution in [-0.4, -0.2) is 24.9 Å². The van der Waals surface area contributed by atoms with Gasteiger partial charge in [0.2, 0.25) is 0 Å². The minimum Gasteiger partial charge on any atom is -0.454 e. The third-order valence-electron chi connectivity index (χ3n) is 8.40. The van der Waals surface area contributed by atoms with E-state index in [4.69, 9.17) is 24.4 Å². The van der Waals surface area contributed by atoms with E-state index >= 15 is 0 Å². The second kappa shape index (κ2) is 11.1. The number of rotatable bonds is 5. The van der Waals surface area contributed by atoms with E-state index in [0.29, 0.717) is 17.5 Å². The third-order valence-corrected chi connectivity index (χ3v) is 8.40. The molecule has 5 aromatic carbocycles. The number of nitrogens with zero attached hydrogens (tertiary/aromatic N) is 5. The summed E-state index contributed by atoms with van der Waals surface area (Å²) >= 11 is 0. The van der Waals surface area contributed by atoms with Crippen molar-refractivity contribution in [2.75, 3.05) is 0 Å². The summed E-state index contributed by atoms with van der Waals surface area (Å²) < 4.78 is 6.24. The van der Waals surface area contributed by atoms with Gasteiger partial charge in [0.1, 0.15) is 11.3 Å². The first kappa shape index (κ1) is 26.8. The smallest absolute Gasteiger partial charge is 0.164 e. The van der Waals surface area contributed by atoms with Crippen molar-refractivity contribution < 1.29 is 4.42 Å². The van der Waals surface area contributed by atoms with Crippen LogP contribution in [0.15, 0.2) is 156 Å². The monoisotopic (exact) mass is 603 g/mol. The van der Waals surface area contributed by atoms with Gasteiger partial charge in [0.05, 0.1) is 11.2 Å². The van der Waals surface area contributed by atoms with Gasteiger partial charge < -0.3 is 4.42 Å². The van der Waals surface area contributed by atoms with Crippen LogP contribution in [0.2, 0.25) is 0 Å². The van der Waals surface area contributed by atoms with Crippen LogP contribution in [0.4, 0.5) is 0 Å². The molecule has 0 saturated heterocycles. The minimum absolute atomic E-state index is 0.626. The average molecular weight is 604 g/mol. The molecule has 9 rings (SSSR count). The maximum absolute atomic E-state index is 6.24. The van der Waals surface area contributed by atoms with Gasteiger partial charge in [-0.25, -0.2) is 19.9 Å². The summed E-state index contributed by atoms with van der Waals surface area (Å²) in [4.78, 5) is 24.3. The standard InChI is InChI=1S/C41H25N5O/c1-3-9-28(10-4-1)39-44-40(29-11-5-2-6-12-29)46-41(45-39)30-18-15-26(16-19-30)31-20-17-27-21-22-34(43-35(27)25-31)37-38-33(23-24-42-37)32-13-7-8-14-36(32)47-38/h1-25H. The first-order valence-corrected chi connectivity index (χ1v) is 15.4. The van der Waals surface area contributed by atoms with Crippen LogP contribution in [0.25, 0.3) is 89.5 Å². The molecule has 0 spiro atoms. The van der Waals surface area contributed by atoms with Crippen molar-refractivity contribution in [3.8, 4) is 56.7 Å². The Bertz CT molecular complexity index is 2500. The van der Waals surface area contributed by atoms with Crippen molar-refractivity contribution in [3.05, 3.63) is 152 Å². The molecule has 6 heteroatoms. The van der Waals surface area contributed by atoms with Crippen LogP contribution >= 0.6 is 0 Å². The predicted octanol–water partition coefficient (Wildman–Crippen LogP) is 10.0. The van der Waals surface area contributed by atoms with Crippen LogP contribution in [0.5, 0.6) is 0 Å². The number of hydrogen-bond donors (Lipinski definition) is 0. The number of benzene rings is 5. The predicted molar refractivity (Wildman–Crippen MR) is 187 cm³/mol. The van der Waals surface area contributed by atoms with Crippen molar-refractivity contribution in [3.63, 3.8) is 0 Å². The lowest BCUT2D eigenvalue weighted by molar-refractivity contribution is 0.668. The molecule has 47 heavy (non-hydrogen) atoms. The number of furan rings is 1. The van der Waals surface area contributed by atoms with Gasteiger partial charge in [-0.15, -0.1) is 0 Å². The summed E-state index contributed by atoms with van der Waals surface area (Å²) in [7, 11) is 0. The van der Waals surface area contributed by atoms with Gasteiger partial charge in [0.15, 0.2) is 23.1 Å². The Kier molecular flexibility index (Phi) is 6.35. The maximum atomic E-state index is 6.24. The quantitative estimate of drug-likeness (QED) is 0.195. The molecular formula is C41H25N5O. The summed E-state index contributed by atoms with van der Waals surface area (Å²) in [5, 5.41) is 3.16. The Morgan fingerprint density at radius 1 is 0.426 bits per heavy atom. The normalized spacial score (nSPS) is 11.4. The molecular weight excluding hydrogens is 578 g/mol. The first-order chi connectivity index (χ1) is 23.3. The molecule has 0 aliphatic rings. The van der Waals surface area contributed by atoms with Crippen LogP contribution in [0.1, 0.15) is 0 Å². The minimum atomic E-state index is 0.626. The highest BCUT2D eigenvalue weighted by Crippen LogP contribution is 2.35. The molecule has 0 bridgehead atoms. The van der Waals surface area contributed by atoms with Crippen LogP contribution in [0.3, 0.4) is 0 Å². The summed E-state index contributed by atoms with van der Waals surface area (Å²) in [6, 6.07) is 48.9. The average Bonchev–Trinajstić information content (AvgIpc) is 3.54. The lowest BCUT2D eigenvalue weighted by Gasteiger charge is -2.09. The van der Waals surface area contributed by atoms with E-state index < -0.39 is 0 Å². The summed E-state index contributed by atoms with van der Waals surface area (Å²) in [5.41, 5.74) is 8.91. The van der Waals surface area contributed by atoms with Gasteiger partial charge >= 0.3 is 0 Å². The first-order valence-electron chi connectivity index (χ1n) is 15.4. The van der Waals surface area contributed by atoms with Crippen molar-refractivity contribution >= 4 is 32.8 Å². The molecule has 0 aliphatic carbocycles. The Labute approximate surface area is 270 Å². The van der Waals surface area contributed by atoms with Gasteiger partial charge in [-0.2, -0.15) is 0 Å². The zero-order valence-electron chi connectivity index (χ0n) is 25.1. The number of pyridine rings is 2. The highest BCUT2D eigenvalue weighted by atomic mass is 16.3. The fourth-order valence-corrected chi connectivity index (χ4v) is 6.01. The molecule has 0 radical (unpaired) electrons. The van der Waals surface area contributed by atoms with Crippen molar-refractivity contribution in [1.29, 1.82) is 0 Å². The maximum Gasteiger partial charge on any atom is 0.164 e. The molecule has 220 valence electrons. The van der Waals surface area contributed by atoms with E-state index in [1.807, 2.05) is 97.2 Å². The fraction of sp³-hybridized carbons (Fsp3) is 0. The van der Waals surface area contributed by atoms with Gasteiger partial charge in [0, 0.05) is 39.0 Å². The van der Waals surface area contributed by atoms with Crippen LogP contribution < -0.4 is 0 Å². The van der Waals surface area contributed by atoms with Crippen LogP contribution in [-0.2, 0) is 0 Å². The largest absolute Gasteiger partial charge is 0.454 e. The Morgan fingerprint density at radius 2 is 1.00 bits per heavy atom. The zero-order valence-corrected chi connectivity index (χ0v) is 25.1. The summed E-state index contributed by atoms with van der Waals surface area (Å²) in [5.74, 6) is 1.91. The molecule has 6 nitrogen and oxygen atoms in total. The second-order valence-electron chi connectivity index (χ2n) is 11.4. The number of fused-ring (bicyclic) bond motifs is 4. The van der Waals surface area contributed by atoms with Gasteiger partial charge in [-0.3, -0.25) is 4.98 Å². The Hall–Kier alpha value is -6.53. The van der Waals surface area contributed by atoms with E-state index in [1.165, 1.54) is 0 Å². The molecule has 9 aromatic rings. The summed E-state index contributed by atoms with van der Waals surface area (Å²) in [6.07, 6.45) is 1.82. The SMILES string of the molecule is c1ccc(-c2nc(-c3ccccc3)nc(-c3ccc(-c4ccc5ccc(-c6nccc7c6oc6ccccc67)nc5c4)cc3)n2)cc1. The second-order valence-corrected chi connectivity index (χ2v) is 11.4. The van der Waals surface area contributed by atoms with Crippen molar-refractivity contribution in [1.82, 2.24) is 24.9 Å². The molecule has 0 N–H and O–H groups in total. The van der Waals surface area contributed by atoms with Crippen LogP contribution in [0, 0.1) is 0 Å². The van der Waals surface area contributed by atoms with Gasteiger partial charge in [-0.05, 0) is 35.4 Å². The lowest BCUT2D eigenvalue weighted by atomic mass is 10.0. The molecule has 0 unspecified atom stereocenters. The molecule has 0 atom stereocenters. The van der Waals surface area contributed by atoms with Crippen molar-refractivity contribution in [2.45, 2.75) is 0 Å². The molecule has 4 heterocycles. The summed E-state index contributed by atoms with van der Waals surface area (Å²) in [6.45, 7) is 0. The topological polar surface area (TPSA) is 77.6 Å². The fourth-order valence-electron chi connectivity index (χ4n) is 6.01. The Morgan fingerprint density at radius 3 is 1.70 bits per heavy atom.